The Morgan fingerprint density at radius 3 is 2.62 bits per heavy atom. The highest BCUT2D eigenvalue weighted by Crippen LogP contribution is 2.24. The SMILES string of the molecule is CCC(CCC(=O)O)CCN1C(=O)c2ccncc2C1=O. The lowest BCUT2D eigenvalue weighted by molar-refractivity contribution is -0.137. The molecule has 1 N–H and O–H groups in total. The second-order valence-corrected chi connectivity index (χ2v) is 5.18. The highest BCUT2D eigenvalue weighted by molar-refractivity contribution is 6.21. The second-order valence-electron chi connectivity index (χ2n) is 5.18. The molecule has 1 atom stereocenters. The third kappa shape index (κ3) is 3.26. The number of imide groups is 1. The van der Waals surface area contributed by atoms with Gasteiger partial charge in [-0.2, -0.15) is 0 Å². The van der Waals surface area contributed by atoms with Crippen molar-refractivity contribution in [2.24, 2.45) is 5.92 Å². The van der Waals surface area contributed by atoms with E-state index < -0.39 is 5.97 Å². The number of rotatable bonds is 7. The molecule has 6 heteroatoms. The summed E-state index contributed by atoms with van der Waals surface area (Å²) in [6.45, 7) is 2.31. The maximum Gasteiger partial charge on any atom is 0.303 e. The van der Waals surface area contributed by atoms with Crippen LogP contribution in [0.2, 0.25) is 0 Å². The smallest absolute Gasteiger partial charge is 0.303 e. The minimum absolute atomic E-state index is 0.116. The molecular weight excluding hydrogens is 272 g/mol. The van der Waals surface area contributed by atoms with Crippen LogP contribution in [0.1, 0.15) is 53.3 Å². The fourth-order valence-electron chi connectivity index (χ4n) is 2.53. The van der Waals surface area contributed by atoms with Gasteiger partial charge in [0, 0.05) is 25.4 Å². The summed E-state index contributed by atoms with van der Waals surface area (Å²) in [6, 6.07) is 1.55. The molecule has 0 saturated carbocycles. The lowest BCUT2D eigenvalue weighted by Gasteiger charge is -2.18. The standard InChI is InChI=1S/C15H18N2O4/c1-2-10(3-4-13(18)19)6-8-17-14(20)11-5-7-16-9-12(11)15(17)21/h5,7,9-10H,2-4,6,8H2,1H3,(H,18,19). The van der Waals surface area contributed by atoms with E-state index in [4.69, 9.17) is 5.11 Å². The Labute approximate surface area is 122 Å². The molecule has 0 saturated heterocycles. The second kappa shape index (κ2) is 6.47. The van der Waals surface area contributed by atoms with Crippen molar-refractivity contribution in [3.05, 3.63) is 29.6 Å². The zero-order valence-corrected chi connectivity index (χ0v) is 11.9. The van der Waals surface area contributed by atoms with E-state index in [9.17, 15) is 14.4 Å². The molecule has 112 valence electrons. The monoisotopic (exact) mass is 290 g/mol. The first kappa shape index (κ1) is 15.2. The number of fused-ring (bicyclic) bond motifs is 1. The summed E-state index contributed by atoms with van der Waals surface area (Å²) in [5.74, 6) is -1.22. The Morgan fingerprint density at radius 2 is 2.00 bits per heavy atom. The number of hydrogen-bond donors (Lipinski definition) is 1. The van der Waals surface area contributed by atoms with Gasteiger partial charge >= 0.3 is 5.97 Å². The van der Waals surface area contributed by atoms with E-state index in [1.807, 2.05) is 6.92 Å². The van der Waals surface area contributed by atoms with Crippen molar-refractivity contribution < 1.29 is 19.5 Å². The fraction of sp³-hybridized carbons (Fsp3) is 0.467. The predicted octanol–water partition coefficient (Wildman–Crippen LogP) is 1.96. The van der Waals surface area contributed by atoms with E-state index in [-0.39, 0.29) is 24.2 Å². The highest BCUT2D eigenvalue weighted by Gasteiger charge is 2.35. The summed E-state index contributed by atoms with van der Waals surface area (Å²) in [4.78, 5) is 40.0. The van der Waals surface area contributed by atoms with Crippen molar-refractivity contribution in [3.63, 3.8) is 0 Å². The number of nitrogens with zero attached hydrogens (tertiary/aromatic N) is 2. The maximum atomic E-state index is 12.2. The van der Waals surface area contributed by atoms with Crippen LogP contribution in [-0.4, -0.2) is 39.3 Å². The van der Waals surface area contributed by atoms with Crippen molar-refractivity contribution in [2.45, 2.75) is 32.6 Å². The molecule has 1 aliphatic rings. The number of aromatic nitrogens is 1. The van der Waals surface area contributed by atoms with Crippen molar-refractivity contribution in [3.8, 4) is 0 Å². The summed E-state index contributed by atoms with van der Waals surface area (Å²) < 4.78 is 0. The van der Waals surface area contributed by atoms with E-state index in [1.54, 1.807) is 6.07 Å². The molecule has 2 amide bonds. The average Bonchev–Trinajstić information content (AvgIpc) is 2.72. The maximum absolute atomic E-state index is 12.2. The Hall–Kier alpha value is -2.24. The number of carboxylic acid groups (broad SMARTS) is 1. The molecule has 0 aromatic carbocycles. The minimum atomic E-state index is -0.819. The molecule has 0 spiro atoms. The average molecular weight is 290 g/mol. The summed E-state index contributed by atoms with van der Waals surface area (Å²) in [5.41, 5.74) is 0.745. The topological polar surface area (TPSA) is 87.6 Å². The van der Waals surface area contributed by atoms with Crippen molar-refractivity contribution in [2.75, 3.05) is 6.54 Å². The molecular formula is C15H18N2O4. The zero-order chi connectivity index (χ0) is 15.4. The molecule has 0 bridgehead atoms. The zero-order valence-electron chi connectivity index (χ0n) is 11.9. The van der Waals surface area contributed by atoms with Crippen LogP contribution < -0.4 is 0 Å². The minimum Gasteiger partial charge on any atom is -0.481 e. The van der Waals surface area contributed by atoms with Crippen LogP contribution in [0.25, 0.3) is 0 Å². The van der Waals surface area contributed by atoms with Gasteiger partial charge in [-0.3, -0.25) is 24.3 Å². The van der Waals surface area contributed by atoms with Gasteiger partial charge in [0.1, 0.15) is 0 Å². The first-order valence-electron chi connectivity index (χ1n) is 7.06. The Morgan fingerprint density at radius 1 is 1.29 bits per heavy atom. The summed E-state index contributed by atoms with van der Waals surface area (Å²) in [6.07, 6.45) is 5.05. The van der Waals surface area contributed by atoms with Crippen LogP contribution in [0, 0.1) is 5.92 Å². The lowest BCUT2D eigenvalue weighted by Crippen LogP contribution is -2.31. The molecule has 1 aromatic rings. The van der Waals surface area contributed by atoms with Gasteiger partial charge in [-0.25, -0.2) is 0 Å². The van der Waals surface area contributed by atoms with Gasteiger partial charge in [0.25, 0.3) is 11.8 Å². The first-order valence-corrected chi connectivity index (χ1v) is 7.06. The van der Waals surface area contributed by atoms with E-state index in [1.165, 1.54) is 17.3 Å². The van der Waals surface area contributed by atoms with Crippen LogP contribution in [0.5, 0.6) is 0 Å². The molecule has 1 aliphatic heterocycles. The van der Waals surface area contributed by atoms with Crippen LogP contribution in [0.3, 0.4) is 0 Å². The predicted molar refractivity (Wildman–Crippen MR) is 74.9 cm³/mol. The summed E-state index contributed by atoms with van der Waals surface area (Å²) in [7, 11) is 0. The van der Waals surface area contributed by atoms with Crippen molar-refractivity contribution in [1.29, 1.82) is 0 Å². The summed E-state index contributed by atoms with van der Waals surface area (Å²) >= 11 is 0. The molecule has 2 rings (SSSR count). The van der Waals surface area contributed by atoms with Gasteiger partial charge in [-0.1, -0.05) is 13.3 Å². The van der Waals surface area contributed by atoms with E-state index in [0.29, 0.717) is 30.5 Å². The van der Waals surface area contributed by atoms with Crippen LogP contribution in [0.15, 0.2) is 18.5 Å². The normalized spacial score (nSPS) is 15.2. The number of amides is 2. The number of aliphatic carboxylic acids is 1. The quantitative estimate of drug-likeness (QED) is 0.775. The van der Waals surface area contributed by atoms with Crippen LogP contribution >= 0.6 is 0 Å². The van der Waals surface area contributed by atoms with Crippen molar-refractivity contribution in [1.82, 2.24) is 9.88 Å². The molecule has 1 unspecified atom stereocenters. The Bertz CT molecular complexity index is 536. The number of pyridine rings is 1. The van der Waals surface area contributed by atoms with Gasteiger partial charge in [0.15, 0.2) is 0 Å². The molecule has 0 aliphatic carbocycles. The van der Waals surface area contributed by atoms with E-state index in [0.717, 1.165) is 6.42 Å². The Balaban J connectivity index is 1.97. The number of carboxylic acids is 1. The van der Waals surface area contributed by atoms with Gasteiger partial charge < -0.3 is 5.11 Å². The third-order valence-corrected chi connectivity index (χ3v) is 3.88. The molecule has 6 nitrogen and oxygen atoms in total. The molecule has 21 heavy (non-hydrogen) atoms. The van der Waals surface area contributed by atoms with Gasteiger partial charge in [0.05, 0.1) is 11.1 Å². The fourth-order valence-corrected chi connectivity index (χ4v) is 2.53. The van der Waals surface area contributed by atoms with Gasteiger partial charge in [0.2, 0.25) is 0 Å². The number of carbonyl (C=O) groups is 3. The number of carbonyl (C=O) groups excluding carboxylic acids is 2. The molecule has 1 aromatic heterocycles. The molecule has 2 heterocycles. The third-order valence-electron chi connectivity index (χ3n) is 3.88. The number of hydrogen-bond acceptors (Lipinski definition) is 4. The molecule has 0 radical (unpaired) electrons. The van der Waals surface area contributed by atoms with Gasteiger partial charge in [-0.15, -0.1) is 0 Å². The van der Waals surface area contributed by atoms with Crippen LogP contribution in [0.4, 0.5) is 0 Å². The van der Waals surface area contributed by atoms with Crippen molar-refractivity contribution >= 4 is 17.8 Å². The first-order chi connectivity index (χ1) is 10.0. The molecule has 0 fully saturated rings. The van der Waals surface area contributed by atoms with E-state index >= 15 is 0 Å². The summed E-state index contributed by atoms with van der Waals surface area (Å²) in [5, 5.41) is 8.71. The highest BCUT2D eigenvalue weighted by atomic mass is 16.4. The Kier molecular flexibility index (Phi) is 4.67. The largest absolute Gasteiger partial charge is 0.481 e. The van der Waals surface area contributed by atoms with Gasteiger partial charge in [-0.05, 0) is 24.8 Å². The van der Waals surface area contributed by atoms with E-state index in [2.05, 4.69) is 4.98 Å². The lowest BCUT2D eigenvalue weighted by atomic mass is 9.96. The van der Waals surface area contributed by atoms with Crippen LogP contribution in [-0.2, 0) is 4.79 Å².